The van der Waals surface area contributed by atoms with Gasteiger partial charge in [-0.15, -0.1) is 0 Å². The number of allylic oxidation sites excluding steroid dienone is 5. The van der Waals surface area contributed by atoms with E-state index in [0.717, 1.165) is 16.9 Å². The number of nitrogens with zero attached hydrogens (tertiary/aromatic N) is 1. The van der Waals surface area contributed by atoms with E-state index in [0.29, 0.717) is 12.8 Å². The number of carbonyl (C=O) groups excluding carboxylic acids is 1. The van der Waals surface area contributed by atoms with Crippen LogP contribution < -0.4 is 5.73 Å². The highest BCUT2D eigenvalue weighted by Crippen LogP contribution is 2.30. The third-order valence-corrected chi connectivity index (χ3v) is 2.82. The predicted molar refractivity (Wildman–Crippen MR) is 61.8 cm³/mol. The van der Waals surface area contributed by atoms with Gasteiger partial charge in [0.15, 0.2) is 0 Å². The van der Waals surface area contributed by atoms with Crippen molar-refractivity contribution in [3.05, 3.63) is 35.3 Å². The van der Waals surface area contributed by atoms with Crippen LogP contribution in [0.2, 0.25) is 0 Å². The third kappa shape index (κ3) is 2.50. The number of rotatable bonds is 4. The van der Waals surface area contributed by atoms with E-state index >= 15 is 0 Å². The van der Waals surface area contributed by atoms with E-state index in [2.05, 4.69) is 4.99 Å². The standard InChI is InChI=1S/C12H13FN2O2/c13-8-2-3-10-9(5-8)7(6-15-10)1-4-11(16)12(14)17/h2,5-6,11,16H,1,3-4H2,(H2,14,17). The van der Waals surface area contributed by atoms with Gasteiger partial charge >= 0.3 is 0 Å². The Kier molecular flexibility index (Phi) is 3.19. The van der Waals surface area contributed by atoms with Crippen LogP contribution in [0.4, 0.5) is 4.39 Å². The van der Waals surface area contributed by atoms with Crippen LogP contribution in [0, 0.1) is 0 Å². The molecule has 2 aliphatic rings. The molecule has 2 rings (SSSR count). The lowest BCUT2D eigenvalue weighted by Gasteiger charge is -2.12. The van der Waals surface area contributed by atoms with E-state index in [1.807, 2.05) is 0 Å². The molecule has 1 heterocycles. The minimum Gasteiger partial charge on any atom is -0.383 e. The van der Waals surface area contributed by atoms with Crippen LogP contribution in [0.15, 0.2) is 40.3 Å². The van der Waals surface area contributed by atoms with Gasteiger partial charge in [0.25, 0.3) is 0 Å². The van der Waals surface area contributed by atoms with Crippen molar-refractivity contribution in [1.29, 1.82) is 0 Å². The summed E-state index contributed by atoms with van der Waals surface area (Å²) in [5.41, 5.74) is 7.38. The Morgan fingerprint density at radius 3 is 3.12 bits per heavy atom. The molecule has 0 aromatic heterocycles. The number of halogens is 1. The summed E-state index contributed by atoms with van der Waals surface area (Å²) in [4.78, 5) is 14.9. The Hall–Kier alpha value is -1.75. The van der Waals surface area contributed by atoms with Crippen molar-refractivity contribution in [2.24, 2.45) is 10.7 Å². The largest absolute Gasteiger partial charge is 0.383 e. The Morgan fingerprint density at radius 1 is 1.65 bits per heavy atom. The fourth-order valence-corrected chi connectivity index (χ4v) is 1.84. The summed E-state index contributed by atoms with van der Waals surface area (Å²) in [6.07, 6.45) is 4.56. The van der Waals surface area contributed by atoms with Crippen LogP contribution >= 0.6 is 0 Å². The zero-order valence-electron chi connectivity index (χ0n) is 9.19. The number of carbonyl (C=O) groups is 1. The van der Waals surface area contributed by atoms with Crippen molar-refractivity contribution in [2.75, 3.05) is 0 Å². The molecule has 0 saturated carbocycles. The molecule has 4 nitrogen and oxygen atoms in total. The van der Waals surface area contributed by atoms with Gasteiger partial charge in [0.1, 0.15) is 11.9 Å². The molecule has 1 aliphatic heterocycles. The number of aliphatic hydroxyl groups excluding tert-OH is 1. The summed E-state index contributed by atoms with van der Waals surface area (Å²) >= 11 is 0. The Bertz CT molecular complexity index is 475. The highest BCUT2D eigenvalue weighted by molar-refractivity contribution is 6.08. The Balaban J connectivity index is 2.01. The molecule has 17 heavy (non-hydrogen) atoms. The molecule has 0 fully saturated rings. The highest BCUT2D eigenvalue weighted by atomic mass is 19.1. The first kappa shape index (κ1) is 11.7. The zero-order valence-corrected chi connectivity index (χ0v) is 9.19. The van der Waals surface area contributed by atoms with Gasteiger partial charge in [0.05, 0.1) is 5.71 Å². The van der Waals surface area contributed by atoms with Crippen LogP contribution in [-0.2, 0) is 4.79 Å². The summed E-state index contributed by atoms with van der Waals surface area (Å²) in [5, 5.41) is 9.29. The summed E-state index contributed by atoms with van der Waals surface area (Å²) in [7, 11) is 0. The van der Waals surface area contributed by atoms with Crippen molar-refractivity contribution < 1.29 is 14.3 Å². The average Bonchev–Trinajstić information content (AvgIpc) is 2.68. The van der Waals surface area contributed by atoms with Gasteiger partial charge in [-0.25, -0.2) is 4.39 Å². The van der Waals surface area contributed by atoms with Crippen LogP contribution in [0.1, 0.15) is 19.3 Å². The summed E-state index contributed by atoms with van der Waals surface area (Å²) in [5.74, 6) is -1.02. The molecule has 1 unspecified atom stereocenters. The molecule has 0 aromatic carbocycles. The molecular formula is C12H13FN2O2. The molecule has 0 aromatic rings. The molecular weight excluding hydrogens is 223 g/mol. The molecule has 0 bridgehead atoms. The SMILES string of the molecule is NC(=O)C(O)CCC1=CN=C2CC=C(F)C=C12. The minimum absolute atomic E-state index is 0.229. The van der Waals surface area contributed by atoms with Crippen molar-refractivity contribution in [1.82, 2.24) is 0 Å². The number of amides is 1. The van der Waals surface area contributed by atoms with E-state index in [4.69, 9.17) is 5.73 Å². The summed E-state index contributed by atoms with van der Waals surface area (Å²) in [6.45, 7) is 0. The first-order valence-electron chi connectivity index (χ1n) is 5.39. The van der Waals surface area contributed by atoms with Gasteiger partial charge in [-0.2, -0.15) is 0 Å². The molecule has 5 heteroatoms. The number of aliphatic imine (C=N–C) groups is 1. The van der Waals surface area contributed by atoms with Crippen LogP contribution in [0.5, 0.6) is 0 Å². The number of nitrogens with two attached hydrogens (primary N) is 1. The van der Waals surface area contributed by atoms with Crippen molar-refractivity contribution in [3.8, 4) is 0 Å². The number of fused-ring (bicyclic) bond motifs is 1. The number of primary amides is 1. The lowest BCUT2D eigenvalue weighted by Crippen LogP contribution is -2.28. The quantitative estimate of drug-likeness (QED) is 0.767. The fourth-order valence-electron chi connectivity index (χ4n) is 1.84. The zero-order chi connectivity index (χ0) is 12.4. The van der Waals surface area contributed by atoms with Gasteiger partial charge in [-0.1, -0.05) is 0 Å². The lowest BCUT2D eigenvalue weighted by atomic mass is 9.93. The average molecular weight is 236 g/mol. The maximum Gasteiger partial charge on any atom is 0.246 e. The van der Waals surface area contributed by atoms with Crippen molar-refractivity contribution in [3.63, 3.8) is 0 Å². The Morgan fingerprint density at radius 2 is 2.41 bits per heavy atom. The first-order valence-corrected chi connectivity index (χ1v) is 5.39. The van der Waals surface area contributed by atoms with Crippen LogP contribution in [0.25, 0.3) is 0 Å². The monoisotopic (exact) mass is 236 g/mol. The van der Waals surface area contributed by atoms with Gasteiger partial charge < -0.3 is 10.8 Å². The van der Waals surface area contributed by atoms with Crippen molar-refractivity contribution in [2.45, 2.75) is 25.4 Å². The predicted octanol–water partition coefficient (Wildman–Crippen LogP) is 1.13. The van der Waals surface area contributed by atoms with Crippen LogP contribution in [0.3, 0.4) is 0 Å². The maximum absolute atomic E-state index is 13.1. The second-order valence-electron chi connectivity index (χ2n) is 4.04. The lowest BCUT2D eigenvalue weighted by molar-refractivity contribution is -0.126. The fraction of sp³-hybridized carbons (Fsp3) is 0.333. The molecule has 1 atom stereocenters. The van der Waals surface area contributed by atoms with Crippen molar-refractivity contribution >= 4 is 11.6 Å². The normalized spacial score (nSPS) is 19.9. The highest BCUT2D eigenvalue weighted by Gasteiger charge is 2.21. The van der Waals surface area contributed by atoms with E-state index < -0.39 is 12.0 Å². The van der Waals surface area contributed by atoms with Gasteiger partial charge in [0, 0.05) is 18.2 Å². The molecule has 1 amide bonds. The first-order chi connectivity index (χ1) is 8.08. The number of aliphatic hydroxyl groups is 1. The van der Waals surface area contributed by atoms with Gasteiger partial charge in [0.2, 0.25) is 5.91 Å². The molecule has 0 saturated heterocycles. The molecule has 0 spiro atoms. The molecule has 0 radical (unpaired) electrons. The molecule has 3 N–H and O–H groups in total. The summed E-state index contributed by atoms with van der Waals surface area (Å²) in [6, 6.07) is 0. The number of hydrogen-bond acceptors (Lipinski definition) is 3. The van der Waals surface area contributed by atoms with E-state index in [1.54, 1.807) is 6.20 Å². The second-order valence-corrected chi connectivity index (χ2v) is 4.04. The minimum atomic E-state index is -1.16. The Labute approximate surface area is 98.0 Å². The third-order valence-electron chi connectivity index (χ3n) is 2.82. The second kappa shape index (κ2) is 4.63. The van der Waals surface area contributed by atoms with Gasteiger partial charge in [-0.3, -0.25) is 9.79 Å². The topological polar surface area (TPSA) is 75.7 Å². The van der Waals surface area contributed by atoms with E-state index in [9.17, 15) is 14.3 Å². The molecule has 1 aliphatic carbocycles. The van der Waals surface area contributed by atoms with E-state index in [-0.39, 0.29) is 12.2 Å². The number of hydrogen-bond donors (Lipinski definition) is 2. The smallest absolute Gasteiger partial charge is 0.246 e. The van der Waals surface area contributed by atoms with Gasteiger partial charge in [-0.05, 0) is 30.6 Å². The maximum atomic E-state index is 13.1. The van der Waals surface area contributed by atoms with Crippen LogP contribution in [-0.4, -0.2) is 22.8 Å². The summed E-state index contributed by atoms with van der Waals surface area (Å²) < 4.78 is 13.1. The molecule has 90 valence electrons. The van der Waals surface area contributed by atoms with E-state index in [1.165, 1.54) is 12.2 Å².